The molecule has 1 heterocycles. The molecule has 0 bridgehead atoms. The number of amides is 2. The molecule has 182 valence electrons. The van der Waals surface area contributed by atoms with E-state index in [1.165, 1.54) is 0 Å². The first-order valence-electron chi connectivity index (χ1n) is 11.2. The van der Waals surface area contributed by atoms with E-state index in [0.717, 1.165) is 16.0 Å². The normalized spacial score (nSPS) is 19.3. The molecule has 3 N–H and O–H groups in total. The standard InChI is InChI=1S/C25H30N2O7/c1-18(33-15-19-9-4-2-5-10-19)21(22(29)34-16-20-11-6-3-7-12-20)26-23(30)25(17-28)13-8-14-27(25)24(31)32/h2-7,9-12,18,21,28H,8,13-17H2,1H3,(H,26,30)(H,31,32)/t18-,21+,25-/m1/s1. The lowest BCUT2D eigenvalue weighted by molar-refractivity contribution is -0.155. The monoisotopic (exact) mass is 470 g/mol. The van der Waals surface area contributed by atoms with Gasteiger partial charge in [0.15, 0.2) is 6.04 Å². The van der Waals surface area contributed by atoms with E-state index in [-0.39, 0.29) is 26.2 Å². The van der Waals surface area contributed by atoms with Gasteiger partial charge in [0.05, 0.1) is 19.3 Å². The van der Waals surface area contributed by atoms with Crippen LogP contribution in [0.4, 0.5) is 4.79 Å². The topological polar surface area (TPSA) is 125 Å². The van der Waals surface area contributed by atoms with Crippen molar-refractivity contribution in [2.75, 3.05) is 13.2 Å². The summed E-state index contributed by atoms with van der Waals surface area (Å²) in [4.78, 5) is 38.9. The largest absolute Gasteiger partial charge is 0.465 e. The fourth-order valence-corrected chi connectivity index (χ4v) is 3.99. The molecule has 0 radical (unpaired) electrons. The number of aliphatic hydroxyl groups is 1. The first-order valence-corrected chi connectivity index (χ1v) is 11.2. The molecule has 3 rings (SSSR count). The van der Waals surface area contributed by atoms with Gasteiger partial charge in [-0.2, -0.15) is 0 Å². The van der Waals surface area contributed by atoms with Gasteiger partial charge in [-0.1, -0.05) is 60.7 Å². The molecule has 0 aliphatic carbocycles. The van der Waals surface area contributed by atoms with Crippen LogP contribution >= 0.6 is 0 Å². The van der Waals surface area contributed by atoms with Crippen LogP contribution < -0.4 is 5.32 Å². The second kappa shape index (κ2) is 11.6. The maximum atomic E-state index is 13.2. The molecule has 2 aromatic rings. The lowest BCUT2D eigenvalue weighted by Gasteiger charge is -2.35. The van der Waals surface area contributed by atoms with Gasteiger partial charge in [-0.3, -0.25) is 9.69 Å². The molecule has 0 unspecified atom stereocenters. The summed E-state index contributed by atoms with van der Waals surface area (Å²) in [7, 11) is 0. The van der Waals surface area contributed by atoms with Gasteiger partial charge < -0.3 is 25.0 Å². The number of likely N-dealkylation sites (tertiary alicyclic amines) is 1. The Hall–Kier alpha value is -3.43. The van der Waals surface area contributed by atoms with E-state index in [1.54, 1.807) is 19.1 Å². The fourth-order valence-electron chi connectivity index (χ4n) is 3.99. The molecule has 1 aliphatic rings. The summed E-state index contributed by atoms with van der Waals surface area (Å²) >= 11 is 0. The second-order valence-corrected chi connectivity index (χ2v) is 8.27. The van der Waals surface area contributed by atoms with Gasteiger partial charge >= 0.3 is 12.1 Å². The molecule has 9 heteroatoms. The van der Waals surface area contributed by atoms with Gasteiger partial charge in [0.25, 0.3) is 0 Å². The maximum Gasteiger partial charge on any atom is 0.408 e. The Bertz CT molecular complexity index is 970. The first kappa shape index (κ1) is 25.2. The van der Waals surface area contributed by atoms with Crippen LogP contribution in [0.15, 0.2) is 60.7 Å². The van der Waals surface area contributed by atoms with Gasteiger partial charge in [0, 0.05) is 6.54 Å². The highest BCUT2D eigenvalue weighted by Gasteiger charge is 2.51. The first-order chi connectivity index (χ1) is 16.4. The number of carbonyl (C=O) groups excluding carboxylic acids is 2. The Balaban J connectivity index is 1.76. The summed E-state index contributed by atoms with van der Waals surface area (Å²) in [5, 5.41) is 22.1. The van der Waals surface area contributed by atoms with Crippen molar-refractivity contribution < 1.29 is 34.1 Å². The van der Waals surface area contributed by atoms with Gasteiger partial charge in [0.1, 0.15) is 12.1 Å². The number of benzene rings is 2. The third-order valence-electron chi connectivity index (χ3n) is 5.99. The zero-order valence-corrected chi connectivity index (χ0v) is 19.1. The predicted molar refractivity (Wildman–Crippen MR) is 123 cm³/mol. The van der Waals surface area contributed by atoms with Crippen molar-refractivity contribution in [2.45, 2.75) is 50.7 Å². The number of aliphatic hydroxyl groups excluding tert-OH is 1. The molecule has 9 nitrogen and oxygen atoms in total. The molecule has 1 aliphatic heterocycles. The number of nitrogens with zero attached hydrogens (tertiary/aromatic N) is 1. The number of hydrogen-bond acceptors (Lipinski definition) is 6. The summed E-state index contributed by atoms with van der Waals surface area (Å²) in [6.07, 6.45) is -1.53. The van der Waals surface area contributed by atoms with E-state index < -0.39 is 42.3 Å². The van der Waals surface area contributed by atoms with E-state index in [4.69, 9.17) is 9.47 Å². The van der Waals surface area contributed by atoms with Crippen LogP contribution in [0.25, 0.3) is 0 Å². The van der Waals surface area contributed by atoms with Crippen molar-refractivity contribution in [3.8, 4) is 0 Å². The molecule has 1 fully saturated rings. The molecule has 1 saturated heterocycles. The third kappa shape index (κ3) is 5.92. The number of hydrogen-bond donors (Lipinski definition) is 3. The molecular formula is C25H30N2O7. The van der Waals surface area contributed by atoms with Crippen molar-refractivity contribution in [1.29, 1.82) is 0 Å². The molecule has 34 heavy (non-hydrogen) atoms. The van der Waals surface area contributed by atoms with Crippen molar-refractivity contribution in [3.63, 3.8) is 0 Å². The Morgan fingerprint density at radius 3 is 2.18 bits per heavy atom. The highest BCUT2D eigenvalue weighted by Crippen LogP contribution is 2.30. The maximum absolute atomic E-state index is 13.2. The van der Waals surface area contributed by atoms with Gasteiger partial charge in [-0.05, 0) is 30.9 Å². The lowest BCUT2D eigenvalue weighted by atomic mass is 9.95. The predicted octanol–water partition coefficient (Wildman–Crippen LogP) is 2.32. The lowest BCUT2D eigenvalue weighted by Crippen LogP contribution is -2.63. The summed E-state index contributed by atoms with van der Waals surface area (Å²) in [6.45, 7) is 1.26. The molecule has 2 amide bonds. The molecule has 3 atom stereocenters. The van der Waals surface area contributed by atoms with Crippen LogP contribution in [0, 0.1) is 0 Å². The summed E-state index contributed by atoms with van der Waals surface area (Å²) in [5.74, 6) is -1.47. The second-order valence-electron chi connectivity index (χ2n) is 8.27. The van der Waals surface area contributed by atoms with E-state index in [0.29, 0.717) is 6.42 Å². The summed E-state index contributed by atoms with van der Waals surface area (Å²) in [5.41, 5.74) is -0.00151. The van der Waals surface area contributed by atoms with Crippen LogP contribution in [-0.4, -0.2) is 63.9 Å². The minimum atomic E-state index is -1.66. The molecule has 0 spiro atoms. The summed E-state index contributed by atoms with van der Waals surface area (Å²) < 4.78 is 11.3. The highest BCUT2D eigenvalue weighted by atomic mass is 16.5. The summed E-state index contributed by atoms with van der Waals surface area (Å²) in [6, 6.07) is 17.2. The van der Waals surface area contributed by atoms with Crippen molar-refractivity contribution >= 4 is 18.0 Å². The number of nitrogens with one attached hydrogen (secondary N) is 1. The Morgan fingerprint density at radius 1 is 1.03 bits per heavy atom. The van der Waals surface area contributed by atoms with E-state index in [9.17, 15) is 24.6 Å². The van der Waals surface area contributed by atoms with Crippen molar-refractivity contribution in [1.82, 2.24) is 10.2 Å². The van der Waals surface area contributed by atoms with Crippen LogP contribution in [0.5, 0.6) is 0 Å². The zero-order chi connectivity index (χ0) is 24.6. The quantitative estimate of drug-likeness (QED) is 0.455. The van der Waals surface area contributed by atoms with Crippen LogP contribution in [-0.2, 0) is 32.3 Å². The molecular weight excluding hydrogens is 440 g/mol. The average Bonchev–Trinajstić information content (AvgIpc) is 3.31. The van der Waals surface area contributed by atoms with Crippen LogP contribution in [0.3, 0.4) is 0 Å². The number of ether oxygens (including phenoxy) is 2. The SMILES string of the molecule is C[C@@H](OCc1ccccc1)[C@H](NC(=O)[C@]1(CO)CCCN1C(=O)O)C(=O)OCc1ccccc1. The van der Waals surface area contributed by atoms with Crippen molar-refractivity contribution in [2.24, 2.45) is 0 Å². The third-order valence-corrected chi connectivity index (χ3v) is 5.99. The zero-order valence-electron chi connectivity index (χ0n) is 19.1. The highest BCUT2D eigenvalue weighted by molar-refractivity contribution is 5.93. The molecule has 0 aromatic heterocycles. The van der Waals surface area contributed by atoms with E-state index in [2.05, 4.69) is 5.32 Å². The fraction of sp³-hybridized carbons (Fsp3) is 0.400. The van der Waals surface area contributed by atoms with Crippen LogP contribution in [0.2, 0.25) is 0 Å². The van der Waals surface area contributed by atoms with Crippen molar-refractivity contribution in [3.05, 3.63) is 71.8 Å². The number of esters is 1. The molecule has 0 saturated carbocycles. The minimum absolute atomic E-state index is 0.00381. The van der Waals surface area contributed by atoms with Gasteiger partial charge in [-0.15, -0.1) is 0 Å². The molecule has 2 aromatic carbocycles. The Morgan fingerprint density at radius 2 is 1.62 bits per heavy atom. The Kier molecular flexibility index (Phi) is 8.61. The number of carbonyl (C=O) groups is 3. The van der Waals surface area contributed by atoms with E-state index >= 15 is 0 Å². The Labute approximate surface area is 198 Å². The van der Waals surface area contributed by atoms with Gasteiger partial charge in [-0.25, -0.2) is 9.59 Å². The van der Waals surface area contributed by atoms with E-state index in [1.807, 2.05) is 48.5 Å². The van der Waals surface area contributed by atoms with Crippen LogP contribution in [0.1, 0.15) is 30.9 Å². The van der Waals surface area contributed by atoms with Gasteiger partial charge in [0.2, 0.25) is 5.91 Å². The smallest absolute Gasteiger partial charge is 0.408 e. The number of carboxylic acid groups (broad SMARTS) is 1. The average molecular weight is 471 g/mol. The number of rotatable bonds is 10. The minimum Gasteiger partial charge on any atom is -0.465 e.